The molecule has 0 saturated carbocycles. The molecule has 3 rings (SSSR count). The van der Waals surface area contributed by atoms with E-state index in [0.29, 0.717) is 5.89 Å². The fourth-order valence-electron chi connectivity index (χ4n) is 2.11. The van der Waals surface area contributed by atoms with E-state index >= 15 is 0 Å². The second kappa shape index (κ2) is 6.79. The lowest BCUT2D eigenvalue weighted by molar-refractivity contribution is -0.150. The van der Waals surface area contributed by atoms with Gasteiger partial charge in [0.15, 0.2) is 6.10 Å². The van der Waals surface area contributed by atoms with Crippen molar-refractivity contribution in [1.29, 1.82) is 0 Å². The van der Waals surface area contributed by atoms with Gasteiger partial charge in [0.25, 0.3) is 5.89 Å². The Bertz CT molecular complexity index is 897. The average molecular weight is 345 g/mol. The summed E-state index contributed by atoms with van der Waals surface area (Å²) < 4.78 is 12.2. The van der Waals surface area contributed by atoms with Crippen molar-refractivity contribution < 1.29 is 13.9 Å². The molecule has 7 nitrogen and oxygen atoms in total. The van der Waals surface area contributed by atoms with Gasteiger partial charge in [-0.25, -0.2) is 0 Å². The minimum absolute atomic E-state index is 0.141. The number of carbonyl (C=O) groups excluding carboxylic acids is 1. The number of ether oxygens (including phenoxy) is 1. The van der Waals surface area contributed by atoms with Crippen molar-refractivity contribution in [2.75, 3.05) is 0 Å². The van der Waals surface area contributed by atoms with Gasteiger partial charge in [0.1, 0.15) is 6.54 Å². The normalized spacial score (nSPS) is 12.1. The monoisotopic (exact) mass is 345 g/mol. The predicted octanol–water partition coefficient (Wildman–Crippen LogP) is 2.57. The lowest BCUT2D eigenvalue weighted by Crippen LogP contribution is -2.23. The maximum absolute atomic E-state index is 12.0. The number of rotatable bonds is 5. The van der Waals surface area contributed by atoms with Crippen LogP contribution in [-0.2, 0) is 16.1 Å². The van der Waals surface area contributed by atoms with E-state index in [2.05, 4.69) is 10.2 Å². The Labute approximate surface area is 141 Å². The molecule has 8 heteroatoms. The first-order valence-electron chi connectivity index (χ1n) is 7.28. The minimum atomic E-state index is -0.697. The van der Waals surface area contributed by atoms with Crippen LogP contribution in [0.15, 0.2) is 44.9 Å². The third-order valence-electron chi connectivity index (χ3n) is 3.38. The zero-order valence-corrected chi connectivity index (χ0v) is 13.9. The number of hydrogen-bond acceptors (Lipinski definition) is 7. The van der Waals surface area contributed by atoms with Crippen LogP contribution in [0.5, 0.6) is 0 Å². The number of nitrogens with zero attached hydrogens (tertiary/aromatic N) is 3. The van der Waals surface area contributed by atoms with Gasteiger partial charge < -0.3 is 9.15 Å². The largest absolute Gasteiger partial charge is 0.451 e. The molecule has 124 valence electrons. The molecule has 0 radical (unpaired) electrons. The van der Waals surface area contributed by atoms with Gasteiger partial charge >= 0.3 is 10.8 Å². The molecule has 0 saturated heterocycles. The number of aromatic nitrogens is 3. The second-order valence-corrected chi connectivity index (χ2v) is 5.99. The summed E-state index contributed by atoms with van der Waals surface area (Å²) in [7, 11) is 0. The SMILES string of the molecule is Cc1csc(=O)n1CC(=O)O[C@H](C)c1nnc(-c2ccccc2)o1. The predicted molar refractivity (Wildman–Crippen MR) is 87.6 cm³/mol. The zero-order chi connectivity index (χ0) is 17.1. The van der Waals surface area contributed by atoms with Crippen molar-refractivity contribution in [2.45, 2.75) is 26.5 Å². The highest BCUT2D eigenvalue weighted by molar-refractivity contribution is 7.07. The molecule has 0 fully saturated rings. The Balaban J connectivity index is 1.67. The van der Waals surface area contributed by atoms with Crippen LogP contribution in [0.2, 0.25) is 0 Å². The van der Waals surface area contributed by atoms with Crippen molar-refractivity contribution in [3.63, 3.8) is 0 Å². The van der Waals surface area contributed by atoms with Crippen molar-refractivity contribution in [1.82, 2.24) is 14.8 Å². The Hall–Kier alpha value is -2.74. The van der Waals surface area contributed by atoms with Gasteiger partial charge in [-0.2, -0.15) is 0 Å². The van der Waals surface area contributed by atoms with Gasteiger partial charge in [0.05, 0.1) is 0 Å². The maximum Gasteiger partial charge on any atom is 0.326 e. The molecule has 0 aliphatic rings. The van der Waals surface area contributed by atoms with Gasteiger partial charge in [0, 0.05) is 16.6 Å². The number of hydrogen-bond donors (Lipinski definition) is 0. The van der Waals surface area contributed by atoms with Crippen LogP contribution in [0.25, 0.3) is 11.5 Å². The van der Waals surface area contributed by atoms with Crippen LogP contribution in [-0.4, -0.2) is 20.7 Å². The molecule has 0 bridgehead atoms. The van der Waals surface area contributed by atoms with Crippen molar-refractivity contribution in [2.24, 2.45) is 0 Å². The standard InChI is InChI=1S/C16H15N3O4S/c1-10-9-24-16(21)19(10)8-13(20)22-11(2)14-17-18-15(23-14)12-6-4-3-5-7-12/h3-7,9,11H,8H2,1-2H3/t11-/m1/s1. The smallest absolute Gasteiger partial charge is 0.326 e. The van der Waals surface area contributed by atoms with E-state index in [0.717, 1.165) is 22.6 Å². The highest BCUT2D eigenvalue weighted by Crippen LogP contribution is 2.22. The molecule has 1 aromatic carbocycles. The van der Waals surface area contributed by atoms with Crippen LogP contribution in [0.1, 0.15) is 24.6 Å². The molecule has 2 heterocycles. The van der Waals surface area contributed by atoms with E-state index in [1.54, 1.807) is 19.2 Å². The maximum atomic E-state index is 12.0. The third-order valence-corrected chi connectivity index (χ3v) is 4.26. The molecular formula is C16H15N3O4S. The van der Waals surface area contributed by atoms with E-state index in [1.165, 1.54) is 4.57 Å². The molecule has 0 unspecified atom stereocenters. The summed E-state index contributed by atoms with van der Waals surface area (Å²) >= 11 is 1.05. The van der Waals surface area contributed by atoms with Gasteiger partial charge in [0.2, 0.25) is 5.89 Å². The Morgan fingerprint density at radius 3 is 2.75 bits per heavy atom. The highest BCUT2D eigenvalue weighted by Gasteiger charge is 2.20. The van der Waals surface area contributed by atoms with Crippen molar-refractivity contribution in [3.05, 3.63) is 57.0 Å². The fraction of sp³-hybridized carbons (Fsp3) is 0.250. The van der Waals surface area contributed by atoms with Crippen LogP contribution in [0.4, 0.5) is 0 Å². The van der Waals surface area contributed by atoms with Crippen molar-refractivity contribution >= 4 is 17.3 Å². The molecule has 24 heavy (non-hydrogen) atoms. The minimum Gasteiger partial charge on any atom is -0.451 e. The quantitative estimate of drug-likeness (QED) is 0.661. The number of benzene rings is 1. The number of carbonyl (C=O) groups is 1. The van der Waals surface area contributed by atoms with Gasteiger partial charge in [-0.05, 0) is 26.0 Å². The van der Waals surface area contributed by atoms with Crippen LogP contribution in [0.3, 0.4) is 0 Å². The first-order valence-corrected chi connectivity index (χ1v) is 8.16. The molecule has 0 spiro atoms. The van der Waals surface area contributed by atoms with Gasteiger partial charge in [-0.15, -0.1) is 10.2 Å². The molecule has 0 aliphatic heterocycles. The highest BCUT2D eigenvalue weighted by atomic mass is 32.1. The summed E-state index contributed by atoms with van der Waals surface area (Å²) in [5.41, 5.74) is 1.51. The number of aryl methyl sites for hydroxylation is 1. The van der Waals surface area contributed by atoms with E-state index in [-0.39, 0.29) is 17.3 Å². The lowest BCUT2D eigenvalue weighted by Gasteiger charge is -2.10. The molecule has 3 aromatic rings. The average Bonchev–Trinajstić information content (AvgIpc) is 3.18. The Kier molecular flexibility index (Phi) is 4.57. The molecule has 0 aliphatic carbocycles. The topological polar surface area (TPSA) is 87.2 Å². The number of thiazole rings is 1. The Morgan fingerprint density at radius 1 is 1.33 bits per heavy atom. The lowest BCUT2D eigenvalue weighted by atomic mass is 10.2. The molecular weight excluding hydrogens is 330 g/mol. The molecule has 1 atom stereocenters. The van der Waals surface area contributed by atoms with E-state index < -0.39 is 12.1 Å². The summed E-state index contributed by atoms with van der Waals surface area (Å²) in [6.07, 6.45) is -0.697. The fourth-order valence-corrected chi connectivity index (χ4v) is 2.84. The zero-order valence-electron chi connectivity index (χ0n) is 13.1. The summed E-state index contributed by atoms with van der Waals surface area (Å²) in [6.45, 7) is 3.26. The summed E-state index contributed by atoms with van der Waals surface area (Å²) in [4.78, 5) is 23.4. The summed E-state index contributed by atoms with van der Waals surface area (Å²) in [5.74, 6) is 0.0283. The van der Waals surface area contributed by atoms with Gasteiger partial charge in [-0.3, -0.25) is 14.2 Å². The second-order valence-electron chi connectivity index (χ2n) is 5.17. The summed E-state index contributed by atoms with van der Waals surface area (Å²) in [5, 5.41) is 9.57. The first-order chi connectivity index (χ1) is 11.5. The molecule has 0 N–H and O–H groups in total. The number of esters is 1. The van der Waals surface area contributed by atoms with Crippen LogP contribution >= 0.6 is 11.3 Å². The Morgan fingerprint density at radius 2 is 2.08 bits per heavy atom. The van der Waals surface area contributed by atoms with Gasteiger partial charge in [-0.1, -0.05) is 29.5 Å². The first kappa shape index (κ1) is 16.1. The summed E-state index contributed by atoms with van der Waals surface area (Å²) in [6, 6.07) is 9.31. The third kappa shape index (κ3) is 3.43. The van der Waals surface area contributed by atoms with E-state index in [4.69, 9.17) is 9.15 Å². The van der Waals surface area contributed by atoms with Crippen LogP contribution in [0, 0.1) is 6.92 Å². The van der Waals surface area contributed by atoms with E-state index in [9.17, 15) is 9.59 Å². The molecule has 2 aromatic heterocycles. The molecule has 0 amide bonds. The van der Waals surface area contributed by atoms with E-state index in [1.807, 2.05) is 30.3 Å². The van der Waals surface area contributed by atoms with Crippen molar-refractivity contribution in [3.8, 4) is 11.5 Å². The van der Waals surface area contributed by atoms with Crippen LogP contribution < -0.4 is 4.87 Å².